The highest BCUT2D eigenvalue weighted by Crippen LogP contribution is 2.40. The second-order valence-corrected chi connectivity index (χ2v) is 17.9. The monoisotopic (exact) mass is 881 g/mol. The molecule has 0 atom stereocenters. The molecule has 0 bridgehead atoms. The van der Waals surface area contributed by atoms with Crippen molar-refractivity contribution in [1.82, 2.24) is 32.5 Å². The van der Waals surface area contributed by atoms with Crippen LogP contribution in [0.5, 0.6) is 0 Å². The lowest BCUT2D eigenvalue weighted by Crippen LogP contribution is -2.01. The summed E-state index contributed by atoms with van der Waals surface area (Å²) in [6.07, 6.45) is 0. The maximum Gasteiger partial charge on any atom is 0.220 e. The molecule has 0 amide bonds. The van der Waals surface area contributed by atoms with Crippen LogP contribution in [0.1, 0.15) is 0 Å². The summed E-state index contributed by atoms with van der Waals surface area (Å²) >= 11 is 0. The largest absolute Gasteiger partial charge is 0.307 e. The highest BCUT2D eigenvalue weighted by Gasteiger charge is 2.24. The molecule has 0 aliphatic heterocycles. The maximum absolute atomic E-state index is 5.37. The standard InChI is InChI=1S/C62H39N7/c1-3-15-40(16-4-1)41-29-31-42(32-30-41)43-17-13-20-47(37-43)66-55-35-33-44(38-58(55)67-53-26-11-8-23-50(53)63-61(66)67)45-34-36-56-59(39-45)68-54-27-12-9-24-51(54)64-62(68)69(56)57-28-14-22-49-48-21-7-10-25-52(48)65(60(49)57)46-18-5-2-6-19-46/h1-39H. The predicted molar refractivity (Wildman–Crippen MR) is 283 cm³/mol. The van der Waals surface area contributed by atoms with Crippen LogP contribution in [0, 0.1) is 0 Å². The van der Waals surface area contributed by atoms with E-state index in [1.54, 1.807) is 0 Å². The van der Waals surface area contributed by atoms with Crippen LogP contribution in [0.2, 0.25) is 0 Å². The third kappa shape index (κ3) is 5.56. The quantitative estimate of drug-likeness (QED) is 0.167. The summed E-state index contributed by atoms with van der Waals surface area (Å²) in [6, 6.07) is 84.9. The van der Waals surface area contributed by atoms with Crippen molar-refractivity contribution >= 4 is 77.5 Å². The molecule has 15 rings (SSSR count). The molecule has 0 spiro atoms. The Hall–Kier alpha value is -9.46. The number of hydrogen-bond acceptors (Lipinski definition) is 2. The Balaban J connectivity index is 0.924. The minimum absolute atomic E-state index is 0.870. The fourth-order valence-electron chi connectivity index (χ4n) is 11.0. The molecule has 322 valence electrons. The van der Waals surface area contributed by atoms with Crippen molar-refractivity contribution in [2.75, 3.05) is 0 Å². The molecule has 5 aromatic heterocycles. The van der Waals surface area contributed by atoms with Gasteiger partial charge in [-0.25, -0.2) is 9.97 Å². The molecule has 7 heteroatoms. The molecule has 69 heavy (non-hydrogen) atoms. The summed E-state index contributed by atoms with van der Waals surface area (Å²) in [7, 11) is 0. The van der Waals surface area contributed by atoms with Gasteiger partial charge in [0.25, 0.3) is 0 Å². The number of imidazole rings is 4. The van der Waals surface area contributed by atoms with Gasteiger partial charge in [0.15, 0.2) is 0 Å². The van der Waals surface area contributed by atoms with E-state index in [1.165, 1.54) is 33.0 Å². The lowest BCUT2D eigenvalue weighted by atomic mass is 10.00. The number of fused-ring (bicyclic) bond motifs is 13. The van der Waals surface area contributed by atoms with Gasteiger partial charge < -0.3 is 4.57 Å². The highest BCUT2D eigenvalue weighted by atomic mass is 15.2. The van der Waals surface area contributed by atoms with Crippen molar-refractivity contribution in [1.29, 1.82) is 0 Å². The molecule has 0 radical (unpaired) electrons. The molecule has 0 saturated carbocycles. The summed E-state index contributed by atoms with van der Waals surface area (Å²) in [5.41, 5.74) is 20.9. The van der Waals surface area contributed by atoms with Crippen LogP contribution in [0.25, 0.3) is 128 Å². The number of nitrogens with zero attached hydrogens (tertiary/aromatic N) is 7. The molecule has 0 N–H and O–H groups in total. The molecule has 0 fully saturated rings. The Bertz CT molecular complexity index is 4530. The molecular weight excluding hydrogens is 843 g/mol. The summed E-state index contributed by atoms with van der Waals surface area (Å²) in [5, 5.41) is 2.41. The fraction of sp³-hybridized carbons (Fsp3) is 0. The molecule has 0 saturated heterocycles. The van der Waals surface area contributed by atoms with Crippen molar-refractivity contribution in [3.63, 3.8) is 0 Å². The van der Waals surface area contributed by atoms with Crippen LogP contribution in [-0.4, -0.2) is 32.5 Å². The Kier molecular flexibility index (Phi) is 7.94. The molecule has 7 nitrogen and oxygen atoms in total. The second-order valence-electron chi connectivity index (χ2n) is 17.9. The van der Waals surface area contributed by atoms with Gasteiger partial charge in [-0.3, -0.25) is 17.9 Å². The van der Waals surface area contributed by atoms with Crippen molar-refractivity contribution in [3.8, 4) is 50.4 Å². The van der Waals surface area contributed by atoms with Gasteiger partial charge >= 0.3 is 0 Å². The molecule has 0 unspecified atom stereocenters. The van der Waals surface area contributed by atoms with Crippen LogP contribution >= 0.6 is 0 Å². The first kappa shape index (κ1) is 37.7. The SMILES string of the molecule is c1ccc(-c2ccc(-c3cccc(-n4c5ccc(-c6ccc7c(c6)n6c8ccccc8nc6n7-c6cccc7c8ccccc8n(-c8ccccc8)c67)cc5n5c6ccccc6nc45)c3)cc2)cc1. The zero-order valence-electron chi connectivity index (χ0n) is 37.1. The molecule has 10 aromatic carbocycles. The van der Waals surface area contributed by atoms with Gasteiger partial charge in [-0.05, 0) is 118 Å². The number of hydrogen-bond donors (Lipinski definition) is 0. The number of aromatic nitrogens is 7. The van der Waals surface area contributed by atoms with Gasteiger partial charge in [0.2, 0.25) is 11.6 Å². The summed E-state index contributed by atoms with van der Waals surface area (Å²) in [6.45, 7) is 0. The lowest BCUT2D eigenvalue weighted by Gasteiger charge is -2.13. The Morgan fingerprint density at radius 3 is 1.41 bits per heavy atom. The first-order chi connectivity index (χ1) is 34.2. The maximum atomic E-state index is 5.37. The first-order valence-electron chi connectivity index (χ1n) is 23.4. The van der Waals surface area contributed by atoms with Gasteiger partial charge in [0.1, 0.15) is 0 Å². The third-order valence-corrected chi connectivity index (χ3v) is 14.1. The summed E-state index contributed by atoms with van der Waals surface area (Å²) in [4.78, 5) is 10.6. The van der Waals surface area contributed by atoms with Gasteiger partial charge in [-0.15, -0.1) is 0 Å². The summed E-state index contributed by atoms with van der Waals surface area (Å²) in [5.74, 6) is 1.75. The molecule has 0 aliphatic carbocycles. The number of rotatable bonds is 6. The van der Waals surface area contributed by atoms with Gasteiger partial charge in [0, 0.05) is 22.1 Å². The first-order valence-corrected chi connectivity index (χ1v) is 23.4. The van der Waals surface area contributed by atoms with Gasteiger partial charge in [-0.1, -0.05) is 152 Å². The van der Waals surface area contributed by atoms with E-state index in [0.29, 0.717) is 0 Å². The van der Waals surface area contributed by atoms with Crippen molar-refractivity contribution < 1.29 is 0 Å². The van der Waals surface area contributed by atoms with Gasteiger partial charge in [0.05, 0.1) is 60.9 Å². The van der Waals surface area contributed by atoms with E-state index in [-0.39, 0.29) is 0 Å². The van der Waals surface area contributed by atoms with Crippen LogP contribution < -0.4 is 0 Å². The van der Waals surface area contributed by atoms with Crippen molar-refractivity contribution in [2.45, 2.75) is 0 Å². The van der Waals surface area contributed by atoms with E-state index < -0.39 is 0 Å². The number of benzene rings is 10. The Labute approximate surface area is 395 Å². The molecule has 15 aromatic rings. The Morgan fingerprint density at radius 2 is 0.725 bits per heavy atom. The van der Waals surface area contributed by atoms with E-state index in [4.69, 9.17) is 9.97 Å². The summed E-state index contributed by atoms with van der Waals surface area (Å²) < 4.78 is 11.7. The molecule has 5 heterocycles. The normalized spacial score (nSPS) is 12.1. The van der Waals surface area contributed by atoms with Crippen LogP contribution in [0.3, 0.4) is 0 Å². The average Bonchev–Trinajstić information content (AvgIpc) is 4.22. The Morgan fingerprint density at radius 1 is 0.261 bits per heavy atom. The smallest absolute Gasteiger partial charge is 0.220 e. The molecular formula is C62H39N7. The van der Waals surface area contributed by atoms with E-state index in [9.17, 15) is 0 Å². The predicted octanol–water partition coefficient (Wildman–Crippen LogP) is 15.3. The highest BCUT2D eigenvalue weighted by molar-refractivity contribution is 6.12. The zero-order valence-corrected chi connectivity index (χ0v) is 37.1. The minimum atomic E-state index is 0.870. The van der Waals surface area contributed by atoms with Gasteiger partial charge in [-0.2, -0.15) is 0 Å². The van der Waals surface area contributed by atoms with E-state index in [2.05, 4.69) is 259 Å². The minimum Gasteiger partial charge on any atom is -0.307 e. The van der Waals surface area contributed by atoms with Crippen molar-refractivity contribution in [3.05, 3.63) is 237 Å². The van der Waals surface area contributed by atoms with Crippen LogP contribution in [0.15, 0.2) is 237 Å². The van der Waals surface area contributed by atoms with E-state index in [0.717, 1.165) is 95.0 Å². The molecule has 0 aliphatic rings. The van der Waals surface area contributed by atoms with E-state index >= 15 is 0 Å². The topological polar surface area (TPSA) is 49.4 Å². The van der Waals surface area contributed by atoms with Crippen molar-refractivity contribution in [2.24, 2.45) is 0 Å². The second kappa shape index (κ2) is 14.5. The zero-order chi connectivity index (χ0) is 45.2. The van der Waals surface area contributed by atoms with Crippen LogP contribution in [-0.2, 0) is 0 Å². The average molecular weight is 882 g/mol. The van der Waals surface area contributed by atoms with E-state index in [1.807, 2.05) is 0 Å². The van der Waals surface area contributed by atoms with Crippen LogP contribution in [0.4, 0.5) is 0 Å². The lowest BCUT2D eigenvalue weighted by molar-refractivity contribution is 1.09. The number of para-hydroxylation sites is 7. The third-order valence-electron chi connectivity index (χ3n) is 14.1. The fourth-order valence-corrected chi connectivity index (χ4v) is 11.0.